The fraction of sp³-hybridized carbons (Fsp3) is 0.467. The maximum atomic E-state index is 12.2. The summed E-state index contributed by atoms with van der Waals surface area (Å²) in [6.07, 6.45) is 0. The van der Waals surface area contributed by atoms with E-state index < -0.39 is 0 Å². The third kappa shape index (κ3) is 6.27. The molecule has 116 valence electrons. The largest absolute Gasteiger partial charge is 0.349 e. The number of hydrogen-bond donors (Lipinski definition) is 3. The number of benzene rings is 1. The van der Waals surface area contributed by atoms with Gasteiger partial charge < -0.3 is 15.5 Å². The van der Waals surface area contributed by atoms with Crippen LogP contribution in [0.25, 0.3) is 0 Å². The van der Waals surface area contributed by atoms with Crippen molar-refractivity contribution < 1.29 is 14.5 Å². The van der Waals surface area contributed by atoms with Crippen molar-refractivity contribution >= 4 is 33.4 Å². The fourth-order valence-corrected chi connectivity index (χ4v) is 2.05. The standard InChI is InChI=1S/C15H22BrN3O2/c1-10(2)17-14(20)9-19(4)11(3)15(21)18-13-7-5-12(16)6-8-13/h5-8,10-11H,9H2,1-4H3,(H,17,20)(H,18,21)/p+1/t11-/m1/s1. The maximum absolute atomic E-state index is 12.2. The van der Waals surface area contributed by atoms with Crippen molar-refractivity contribution in [3.05, 3.63) is 28.7 Å². The summed E-state index contributed by atoms with van der Waals surface area (Å²) in [5.41, 5.74) is 0.745. The molecular weight excluding hydrogens is 334 g/mol. The number of rotatable bonds is 6. The molecule has 0 aliphatic heterocycles. The van der Waals surface area contributed by atoms with Crippen molar-refractivity contribution in [2.45, 2.75) is 32.9 Å². The molecule has 0 fully saturated rings. The Hall–Kier alpha value is -1.40. The molecule has 1 aromatic rings. The zero-order valence-electron chi connectivity index (χ0n) is 12.9. The summed E-state index contributed by atoms with van der Waals surface area (Å²) >= 11 is 3.35. The lowest BCUT2D eigenvalue weighted by molar-refractivity contribution is -0.885. The van der Waals surface area contributed by atoms with E-state index in [1.807, 2.05) is 52.1 Å². The highest BCUT2D eigenvalue weighted by Crippen LogP contribution is 2.13. The van der Waals surface area contributed by atoms with Crippen LogP contribution in [0, 0.1) is 0 Å². The molecule has 0 spiro atoms. The van der Waals surface area contributed by atoms with E-state index in [9.17, 15) is 9.59 Å². The van der Waals surface area contributed by atoms with Gasteiger partial charge in [-0.15, -0.1) is 0 Å². The number of quaternary nitrogens is 1. The van der Waals surface area contributed by atoms with Gasteiger partial charge in [-0.3, -0.25) is 9.59 Å². The van der Waals surface area contributed by atoms with Crippen LogP contribution in [0.4, 0.5) is 5.69 Å². The summed E-state index contributed by atoms with van der Waals surface area (Å²) in [5, 5.41) is 5.68. The van der Waals surface area contributed by atoms with Gasteiger partial charge in [0.15, 0.2) is 12.6 Å². The van der Waals surface area contributed by atoms with E-state index in [4.69, 9.17) is 0 Å². The van der Waals surface area contributed by atoms with Gasteiger partial charge in [0, 0.05) is 16.2 Å². The first kappa shape index (κ1) is 17.7. The van der Waals surface area contributed by atoms with Crippen molar-refractivity contribution in [3.63, 3.8) is 0 Å². The van der Waals surface area contributed by atoms with Crippen molar-refractivity contribution in [1.82, 2.24) is 5.32 Å². The average molecular weight is 357 g/mol. The SMILES string of the molecule is CC(C)NC(=O)C[NH+](C)[C@H](C)C(=O)Nc1ccc(Br)cc1. The van der Waals surface area contributed by atoms with Crippen LogP contribution in [-0.2, 0) is 9.59 Å². The highest BCUT2D eigenvalue weighted by atomic mass is 79.9. The van der Waals surface area contributed by atoms with Gasteiger partial charge in [0.25, 0.3) is 11.8 Å². The molecule has 0 radical (unpaired) electrons. The lowest BCUT2D eigenvalue weighted by Gasteiger charge is -2.21. The zero-order valence-corrected chi connectivity index (χ0v) is 14.5. The Kier molecular flexibility index (Phi) is 6.84. The molecule has 21 heavy (non-hydrogen) atoms. The minimum atomic E-state index is -0.313. The van der Waals surface area contributed by atoms with Gasteiger partial charge in [-0.05, 0) is 45.0 Å². The molecule has 1 rings (SSSR count). The van der Waals surface area contributed by atoms with Crippen LogP contribution in [0.1, 0.15) is 20.8 Å². The summed E-state index contributed by atoms with van der Waals surface area (Å²) in [7, 11) is 1.84. The lowest BCUT2D eigenvalue weighted by Crippen LogP contribution is -3.15. The highest BCUT2D eigenvalue weighted by molar-refractivity contribution is 9.10. The van der Waals surface area contributed by atoms with Gasteiger partial charge in [0.2, 0.25) is 0 Å². The summed E-state index contributed by atoms with van der Waals surface area (Å²) in [6, 6.07) is 7.19. The molecule has 1 unspecified atom stereocenters. The molecule has 0 aliphatic carbocycles. The van der Waals surface area contributed by atoms with Crippen molar-refractivity contribution in [1.29, 1.82) is 0 Å². The summed E-state index contributed by atoms with van der Waals surface area (Å²) < 4.78 is 0.960. The Morgan fingerprint density at radius 3 is 2.29 bits per heavy atom. The smallest absolute Gasteiger partial charge is 0.282 e. The topological polar surface area (TPSA) is 62.6 Å². The number of amides is 2. The fourth-order valence-electron chi connectivity index (χ4n) is 1.79. The second kappa shape index (κ2) is 8.14. The third-order valence-corrected chi connectivity index (χ3v) is 3.66. The molecule has 0 aliphatic rings. The molecule has 6 heteroatoms. The predicted molar refractivity (Wildman–Crippen MR) is 87.3 cm³/mol. The molecule has 0 aromatic heterocycles. The second-order valence-electron chi connectivity index (χ2n) is 5.46. The van der Waals surface area contributed by atoms with Crippen LogP contribution in [0.5, 0.6) is 0 Å². The highest BCUT2D eigenvalue weighted by Gasteiger charge is 2.24. The Bertz CT molecular complexity index is 488. The number of halogens is 1. The van der Waals surface area contributed by atoms with Gasteiger partial charge in [0.05, 0.1) is 7.05 Å². The van der Waals surface area contributed by atoms with Crippen molar-refractivity contribution in [2.75, 3.05) is 18.9 Å². The quantitative estimate of drug-likeness (QED) is 0.706. The van der Waals surface area contributed by atoms with Gasteiger partial charge in [-0.25, -0.2) is 0 Å². The molecule has 2 amide bonds. The van der Waals surface area contributed by atoms with Crippen molar-refractivity contribution in [2.24, 2.45) is 0 Å². The van der Waals surface area contributed by atoms with E-state index in [1.54, 1.807) is 0 Å². The van der Waals surface area contributed by atoms with Crippen LogP contribution in [0.2, 0.25) is 0 Å². The monoisotopic (exact) mass is 356 g/mol. The molecule has 3 N–H and O–H groups in total. The molecule has 0 saturated carbocycles. The number of carbonyl (C=O) groups excluding carboxylic acids is 2. The summed E-state index contributed by atoms with van der Waals surface area (Å²) in [5.74, 6) is -0.155. The number of likely N-dealkylation sites (N-methyl/N-ethyl adjacent to an activating group) is 1. The number of hydrogen-bond acceptors (Lipinski definition) is 2. The van der Waals surface area contributed by atoms with E-state index >= 15 is 0 Å². The molecule has 2 atom stereocenters. The van der Waals surface area contributed by atoms with Gasteiger partial charge in [0.1, 0.15) is 0 Å². The van der Waals surface area contributed by atoms with E-state index in [2.05, 4.69) is 26.6 Å². The molecule has 0 saturated heterocycles. The Labute approximate surface area is 134 Å². The second-order valence-corrected chi connectivity index (χ2v) is 6.38. The van der Waals surface area contributed by atoms with E-state index in [0.29, 0.717) is 0 Å². The van der Waals surface area contributed by atoms with Gasteiger partial charge >= 0.3 is 0 Å². The molecular formula is C15H23BrN3O2+. The van der Waals surface area contributed by atoms with Crippen molar-refractivity contribution in [3.8, 4) is 0 Å². The number of nitrogens with one attached hydrogen (secondary N) is 3. The molecule has 1 aromatic carbocycles. The summed E-state index contributed by atoms with van der Waals surface area (Å²) in [4.78, 5) is 24.7. The van der Waals surface area contributed by atoms with Crippen LogP contribution < -0.4 is 15.5 Å². The maximum Gasteiger partial charge on any atom is 0.282 e. The molecule has 0 heterocycles. The normalized spacial score (nSPS) is 13.6. The zero-order chi connectivity index (χ0) is 16.0. The lowest BCUT2D eigenvalue weighted by atomic mass is 10.2. The first-order valence-electron chi connectivity index (χ1n) is 6.97. The third-order valence-electron chi connectivity index (χ3n) is 3.13. The van der Waals surface area contributed by atoms with E-state index in [1.165, 1.54) is 0 Å². The Morgan fingerprint density at radius 1 is 1.19 bits per heavy atom. The van der Waals surface area contributed by atoms with Crippen LogP contribution in [-0.4, -0.2) is 37.5 Å². The minimum absolute atomic E-state index is 0.0502. The molecule has 5 nitrogen and oxygen atoms in total. The minimum Gasteiger partial charge on any atom is -0.349 e. The van der Waals surface area contributed by atoms with Gasteiger partial charge in [-0.1, -0.05) is 15.9 Å². The van der Waals surface area contributed by atoms with Crippen LogP contribution in [0.15, 0.2) is 28.7 Å². The van der Waals surface area contributed by atoms with E-state index in [0.717, 1.165) is 15.1 Å². The first-order chi connectivity index (χ1) is 9.79. The van der Waals surface area contributed by atoms with Crippen LogP contribution >= 0.6 is 15.9 Å². The van der Waals surface area contributed by atoms with E-state index in [-0.39, 0.29) is 30.4 Å². The number of anilines is 1. The Morgan fingerprint density at radius 2 is 1.76 bits per heavy atom. The number of carbonyl (C=O) groups is 2. The summed E-state index contributed by atoms with van der Waals surface area (Å²) in [6.45, 7) is 5.91. The Balaban J connectivity index is 2.53. The molecule has 0 bridgehead atoms. The first-order valence-corrected chi connectivity index (χ1v) is 7.77. The van der Waals surface area contributed by atoms with Gasteiger partial charge in [-0.2, -0.15) is 0 Å². The average Bonchev–Trinajstić information content (AvgIpc) is 2.39. The predicted octanol–water partition coefficient (Wildman–Crippen LogP) is 0.815. The van der Waals surface area contributed by atoms with Crippen LogP contribution in [0.3, 0.4) is 0 Å².